The van der Waals surface area contributed by atoms with Gasteiger partial charge in [0.15, 0.2) is 5.78 Å². The number of ketones is 1. The Hall–Kier alpha value is -3.68. The molecule has 1 unspecified atom stereocenters. The molecule has 1 aromatic carbocycles. The van der Waals surface area contributed by atoms with Crippen LogP contribution in [-0.2, 0) is 9.53 Å². The molecule has 1 heterocycles. The summed E-state index contributed by atoms with van der Waals surface area (Å²) >= 11 is 0. The number of rotatable bonds is 12. The van der Waals surface area contributed by atoms with Gasteiger partial charge in [-0.1, -0.05) is 18.6 Å². The zero-order chi connectivity index (χ0) is 25.1. The Bertz CT molecular complexity index is 1120. The van der Waals surface area contributed by atoms with Crippen LogP contribution in [-0.4, -0.2) is 37.7 Å². The molecule has 0 fully saturated rings. The van der Waals surface area contributed by atoms with E-state index >= 15 is 0 Å². The minimum Gasteiger partial charge on any atom is -0.496 e. The van der Waals surface area contributed by atoms with Gasteiger partial charge in [-0.2, -0.15) is 10.5 Å². The summed E-state index contributed by atoms with van der Waals surface area (Å²) in [7, 11) is 1.54. The van der Waals surface area contributed by atoms with E-state index in [1.165, 1.54) is 7.11 Å². The Morgan fingerprint density at radius 1 is 1.15 bits per heavy atom. The summed E-state index contributed by atoms with van der Waals surface area (Å²) in [5, 5.41) is 18.1. The van der Waals surface area contributed by atoms with E-state index in [0.29, 0.717) is 29.4 Å². The highest BCUT2D eigenvalue weighted by atomic mass is 16.5. The molecule has 0 saturated heterocycles. The van der Waals surface area contributed by atoms with Crippen molar-refractivity contribution in [3.8, 4) is 23.8 Å². The molecule has 0 aliphatic rings. The van der Waals surface area contributed by atoms with Gasteiger partial charge in [-0.05, 0) is 51.0 Å². The fourth-order valence-electron chi connectivity index (χ4n) is 3.69. The standard InChI is InChI=1S/C27H31N3O4/c1-6-11-34-27-22(13-19(4)16-30-27)26(21-9-8-20(15-29)14-24(21)32-5)25(18(2)3)23(31)17-33-12-7-10-28/h8-9,13-14,16,26H,6-7,11-12,17H2,1-5H3. The maximum absolute atomic E-state index is 13.4. The summed E-state index contributed by atoms with van der Waals surface area (Å²) in [6.07, 6.45) is 2.75. The predicted octanol–water partition coefficient (Wildman–Crippen LogP) is 5.03. The van der Waals surface area contributed by atoms with Crippen molar-refractivity contribution in [1.82, 2.24) is 4.98 Å². The number of aryl methyl sites for hydroxylation is 1. The highest BCUT2D eigenvalue weighted by Gasteiger charge is 2.31. The Kier molecular flexibility index (Phi) is 10.3. The Labute approximate surface area is 201 Å². The van der Waals surface area contributed by atoms with Crippen LogP contribution in [0.15, 0.2) is 41.6 Å². The third-order valence-electron chi connectivity index (χ3n) is 5.16. The van der Waals surface area contributed by atoms with Gasteiger partial charge < -0.3 is 14.2 Å². The molecule has 0 spiro atoms. The van der Waals surface area contributed by atoms with E-state index in [2.05, 4.69) is 11.1 Å². The van der Waals surface area contributed by atoms with Gasteiger partial charge in [0.25, 0.3) is 0 Å². The summed E-state index contributed by atoms with van der Waals surface area (Å²) in [5.74, 6) is 0.182. The summed E-state index contributed by atoms with van der Waals surface area (Å²) < 4.78 is 17.1. The van der Waals surface area contributed by atoms with Gasteiger partial charge in [0.1, 0.15) is 12.4 Å². The number of carbonyl (C=O) groups is 1. The third-order valence-corrected chi connectivity index (χ3v) is 5.16. The van der Waals surface area contributed by atoms with Crippen LogP contribution < -0.4 is 9.47 Å². The number of Topliss-reactive ketones (excluding diaryl/α,β-unsaturated/α-hetero) is 1. The zero-order valence-corrected chi connectivity index (χ0v) is 20.5. The van der Waals surface area contributed by atoms with E-state index in [1.54, 1.807) is 24.4 Å². The first-order chi connectivity index (χ1) is 16.4. The summed E-state index contributed by atoms with van der Waals surface area (Å²) in [5.41, 5.74) is 4.17. The number of aromatic nitrogens is 1. The van der Waals surface area contributed by atoms with Crippen molar-refractivity contribution in [2.75, 3.05) is 26.9 Å². The molecule has 2 rings (SSSR count). The molecule has 7 heteroatoms. The molecular weight excluding hydrogens is 430 g/mol. The van der Waals surface area contributed by atoms with Crippen LogP contribution in [0.1, 0.15) is 61.8 Å². The van der Waals surface area contributed by atoms with Crippen LogP contribution in [0.25, 0.3) is 0 Å². The molecule has 0 aliphatic carbocycles. The van der Waals surface area contributed by atoms with E-state index < -0.39 is 5.92 Å². The number of ether oxygens (including phenoxy) is 3. The first-order valence-corrected chi connectivity index (χ1v) is 11.2. The van der Waals surface area contributed by atoms with Crippen molar-refractivity contribution in [3.05, 3.63) is 63.9 Å². The normalized spacial score (nSPS) is 11.1. The minimum atomic E-state index is -0.556. The molecule has 34 heavy (non-hydrogen) atoms. The van der Waals surface area contributed by atoms with Crippen LogP contribution in [0.3, 0.4) is 0 Å². The van der Waals surface area contributed by atoms with E-state index in [1.807, 2.05) is 39.8 Å². The molecule has 0 N–H and O–H groups in total. The average Bonchev–Trinajstić information content (AvgIpc) is 2.83. The van der Waals surface area contributed by atoms with Crippen LogP contribution in [0.5, 0.6) is 11.6 Å². The molecule has 1 atom stereocenters. The summed E-state index contributed by atoms with van der Waals surface area (Å²) in [4.78, 5) is 18.0. The van der Waals surface area contributed by atoms with Crippen LogP contribution in [0, 0.1) is 29.6 Å². The van der Waals surface area contributed by atoms with Crippen molar-refractivity contribution in [2.24, 2.45) is 0 Å². The van der Waals surface area contributed by atoms with Gasteiger partial charge in [-0.3, -0.25) is 4.79 Å². The Morgan fingerprint density at radius 3 is 2.53 bits per heavy atom. The largest absolute Gasteiger partial charge is 0.496 e. The quantitative estimate of drug-likeness (QED) is 0.322. The van der Waals surface area contributed by atoms with E-state index in [0.717, 1.165) is 28.7 Å². The SMILES string of the molecule is CCCOc1ncc(C)cc1C(C(C(=O)COCCC#N)=C(C)C)c1ccc(C#N)cc1OC. The zero-order valence-electron chi connectivity index (χ0n) is 20.5. The number of benzene rings is 1. The van der Waals surface area contributed by atoms with Gasteiger partial charge in [0, 0.05) is 28.8 Å². The molecule has 0 saturated carbocycles. The maximum Gasteiger partial charge on any atom is 0.217 e. The summed E-state index contributed by atoms with van der Waals surface area (Å²) in [6, 6.07) is 11.3. The highest BCUT2D eigenvalue weighted by Crippen LogP contribution is 2.42. The number of allylic oxidation sites excluding steroid dienone is 1. The first-order valence-electron chi connectivity index (χ1n) is 11.2. The van der Waals surface area contributed by atoms with Crippen LogP contribution in [0.4, 0.5) is 0 Å². The number of nitrogens with zero attached hydrogens (tertiary/aromatic N) is 3. The first kappa shape index (κ1) is 26.6. The smallest absolute Gasteiger partial charge is 0.217 e. The molecular formula is C27H31N3O4. The second kappa shape index (κ2) is 13.1. The van der Waals surface area contributed by atoms with Crippen LogP contribution >= 0.6 is 0 Å². The molecule has 7 nitrogen and oxygen atoms in total. The van der Waals surface area contributed by atoms with E-state index in [-0.39, 0.29) is 25.4 Å². The molecule has 0 radical (unpaired) electrons. The monoisotopic (exact) mass is 461 g/mol. The van der Waals surface area contributed by atoms with Gasteiger partial charge in [0.05, 0.1) is 44.4 Å². The van der Waals surface area contributed by atoms with Crippen molar-refractivity contribution in [1.29, 1.82) is 10.5 Å². The van der Waals surface area contributed by atoms with Gasteiger partial charge in [-0.25, -0.2) is 4.98 Å². The molecule has 1 aromatic heterocycles. The number of hydrogen-bond donors (Lipinski definition) is 0. The molecule has 178 valence electrons. The van der Waals surface area contributed by atoms with Crippen molar-refractivity contribution in [3.63, 3.8) is 0 Å². The number of carbonyl (C=O) groups excluding carboxylic acids is 1. The molecule has 0 amide bonds. The summed E-state index contributed by atoms with van der Waals surface area (Å²) in [6.45, 7) is 8.21. The van der Waals surface area contributed by atoms with Gasteiger partial charge in [-0.15, -0.1) is 0 Å². The number of methoxy groups -OCH3 is 1. The lowest BCUT2D eigenvalue weighted by atomic mass is 9.80. The van der Waals surface area contributed by atoms with E-state index in [9.17, 15) is 10.1 Å². The molecule has 2 aromatic rings. The fourth-order valence-corrected chi connectivity index (χ4v) is 3.69. The molecule has 0 aliphatic heterocycles. The Balaban J connectivity index is 2.74. The number of hydrogen-bond acceptors (Lipinski definition) is 7. The average molecular weight is 462 g/mol. The third kappa shape index (κ3) is 6.66. The van der Waals surface area contributed by atoms with Crippen molar-refractivity contribution >= 4 is 5.78 Å². The lowest BCUT2D eigenvalue weighted by Gasteiger charge is -2.26. The van der Waals surface area contributed by atoms with Gasteiger partial charge in [0.2, 0.25) is 5.88 Å². The Morgan fingerprint density at radius 2 is 1.91 bits per heavy atom. The van der Waals surface area contributed by atoms with Crippen LogP contribution in [0.2, 0.25) is 0 Å². The number of pyridine rings is 1. The second-order valence-corrected chi connectivity index (χ2v) is 8.05. The van der Waals surface area contributed by atoms with Gasteiger partial charge >= 0.3 is 0 Å². The fraction of sp³-hybridized carbons (Fsp3) is 0.407. The topological polar surface area (TPSA) is 105 Å². The predicted molar refractivity (Wildman–Crippen MR) is 129 cm³/mol. The minimum absolute atomic E-state index is 0.151. The van der Waals surface area contributed by atoms with E-state index in [4.69, 9.17) is 19.5 Å². The second-order valence-electron chi connectivity index (χ2n) is 8.05. The number of nitriles is 2. The maximum atomic E-state index is 13.4. The van der Waals surface area contributed by atoms with Crippen molar-refractivity contribution < 1.29 is 19.0 Å². The molecule has 0 bridgehead atoms. The lowest BCUT2D eigenvalue weighted by Crippen LogP contribution is -2.21. The highest BCUT2D eigenvalue weighted by molar-refractivity contribution is 5.99. The van der Waals surface area contributed by atoms with Crippen molar-refractivity contribution in [2.45, 2.75) is 46.5 Å². The lowest BCUT2D eigenvalue weighted by molar-refractivity contribution is -0.120.